The second kappa shape index (κ2) is 5.23. The van der Waals surface area contributed by atoms with Crippen molar-refractivity contribution in [1.82, 2.24) is 4.98 Å². The van der Waals surface area contributed by atoms with Crippen LogP contribution >= 0.6 is 11.6 Å². The van der Waals surface area contributed by atoms with Crippen LogP contribution in [0.2, 0.25) is 5.02 Å². The zero-order chi connectivity index (χ0) is 14.1. The van der Waals surface area contributed by atoms with Crippen LogP contribution in [0.15, 0.2) is 54.7 Å². The summed E-state index contributed by atoms with van der Waals surface area (Å²) in [6.45, 7) is 1.93. The number of rotatable bonds is 2. The SMILES string of the molecule is CC(N)c1ccc(-c2ccc3ncccc3c2)cc1Cl. The summed E-state index contributed by atoms with van der Waals surface area (Å²) in [6, 6.07) is 16.2. The van der Waals surface area contributed by atoms with Gasteiger partial charge < -0.3 is 5.73 Å². The number of pyridine rings is 1. The third-order valence-electron chi connectivity index (χ3n) is 3.43. The summed E-state index contributed by atoms with van der Waals surface area (Å²) >= 11 is 6.30. The van der Waals surface area contributed by atoms with Crippen molar-refractivity contribution in [2.24, 2.45) is 5.73 Å². The molecule has 0 saturated carbocycles. The van der Waals surface area contributed by atoms with Gasteiger partial charge in [0.25, 0.3) is 0 Å². The van der Waals surface area contributed by atoms with Crippen LogP contribution in [0, 0.1) is 0 Å². The molecule has 0 fully saturated rings. The molecule has 100 valence electrons. The van der Waals surface area contributed by atoms with Gasteiger partial charge in [-0.05, 0) is 47.9 Å². The highest BCUT2D eigenvalue weighted by molar-refractivity contribution is 6.31. The molecule has 0 saturated heterocycles. The maximum Gasteiger partial charge on any atom is 0.0702 e. The van der Waals surface area contributed by atoms with Gasteiger partial charge in [0.2, 0.25) is 0 Å². The van der Waals surface area contributed by atoms with E-state index in [1.54, 1.807) is 6.20 Å². The Morgan fingerprint density at radius 1 is 1.05 bits per heavy atom. The average Bonchev–Trinajstić information content (AvgIpc) is 2.46. The van der Waals surface area contributed by atoms with Gasteiger partial charge in [0.15, 0.2) is 0 Å². The van der Waals surface area contributed by atoms with E-state index in [9.17, 15) is 0 Å². The summed E-state index contributed by atoms with van der Waals surface area (Å²) in [5.74, 6) is 0. The number of hydrogen-bond acceptors (Lipinski definition) is 2. The Hall–Kier alpha value is -1.90. The number of nitrogens with two attached hydrogens (primary N) is 1. The van der Waals surface area contributed by atoms with Crippen molar-refractivity contribution < 1.29 is 0 Å². The van der Waals surface area contributed by atoms with E-state index < -0.39 is 0 Å². The van der Waals surface area contributed by atoms with Gasteiger partial charge in [-0.25, -0.2) is 0 Å². The summed E-state index contributed by atoms with van der Waals surface area (Å²) in [5.41, 5.74) is 10.1. The molecule has 0 spiro atoms. The van der Waals surface area contributed by atoms with Crippen LogP contribution in [0.3, 0.4) is 0 Å². The molecular formula is C17H15ClN2. The summed E-state index contributed by atoms with van der Waals surface area (Å²) < 4.78 is 0. The van der Waals surface area contributed by atoms with Crippen LogP contribution in [0.5, 0.6) is 0 Å². The molecule has 3 aromatic rings. The molecule has 1 atom stereocenters. The minimum atomic E-state index is -0.0580. The fourth-order valence-electron chi connectivity index (χ4n) is 2.33. The molecule has 3 heteroatoms. The summed E-state index contributed by atoms with van der Waals surface area (Å²) in [7, 11) is 0. The lowest BCUT2D eigenvalue weighted by atomic mass is 10.00. The number of fused-ring (bicyclic) bond motifs is 1. The third kappa shape index (κ3) is 2.40. The van der Waals surface area contributed by atoms with Gasteiger partial charge in [0.05, 0.1) is 5.52 Å². The Labute approximate surface area is 123 Å². The molecule has 0 aliphatic rings. The molecule has 1 unspecified atom stereocenters. The van der Waals surface area contributed by atoms with Crippen molar-refractivity contribution in [3.63, 3.8) is 0 Å². The van der Waals surface area contributed by atoms with E-state index in [1.807, 2.05) is 31.2 Å². The van der Waals surface area contributed by atoms with Crippen LogP contribution in [0.1, 0.15) is 18.5 Å². The van der Waals surface area contributed by atoms with Crippen molar-refractivity contribution in [3.8, 4) is 11.1 Å². The number of benzene rings is 2. The molecule has 0 amide bonds. The number of nitrogens with zero attached hydrogens (tertiary/aromatic N) is 1. The van der Waals surface area contributed by atoms with E-state index in [0.29, 0.717) is 5.02 Å². The normalized spacial score (nSPS) is 12.6. The largest absolute Gasteiger partial charge is 0.324 e. The first-order valence-corrected chi connectivity index (χ1v) is 6.93. The van der Waals surface area contributed by atoms with E-state index >= 15 is 0 Å². The summed E-state index contributed by atoms with van der Waals surface area (Å²) in [4.78, 5) is 4.33. The fraction of sp³-hybridized carbons (Fsp3) is 0.118. The van der Waals surface area contributed by atoms with Crippen molar-refractivity contribution in [1.29, 1.82) is 0 Å². The highest BCUT2D eigenvalue weighted by atomic mass is 35.5. The first-order chi connectivity index (χ1) is 9.65. The van der Waals surface area contributed by atoms with Crippen LogP contribution in [0.4, 0.5) is 0 Å². The smallest absolute Gasteiger partial charge is 0.0702 e. The Balaban J connectivity index is 2.08. The van der Waals surface area contributed by atoms with E-state index in [0.717, 1.165) is 27.6 Å². The predicted octanol–water partition coefficient (Wildman–Crippen LogP) is 4.57. The number of hydrogen-bond donors (Lipinski definition) is 1. The average molecular weight is 283 g/mol. The molecule has 0 aliphatic heterocycles. The van der Waals surface area contributed by atoms with Crippen molar-refractivity contribution >= 4 is 22.5 Å². The van der Waals surface area contributed by atoms with Crippen LogP contribution in [-0.2, 0) is 0 Å². The molecule has 2 aromatic carbocycles. The molecule has 20 heavy (non-hydrogen) atoms. The van der Waals surface area contributed by atoms with E-state index in [2.05, 4.69) is 29.2 Å². The van der Waals surface area contributed by atoms with Crippen molar-refractivity contribution in [3.05, 3.63) is 65.3 Å². The third-order valence-corrected chi connectivity index (χ3v) is 3.75. The molecule has 0 radical (unpaired) electrons. The Bertz CT molecular complexity index is 766. The topological polar surface area (TPSA) is 38.9 Å². The predicted molar refractivity (Wildman–Crippen MR) is 84.8 cm³/mol. The maximum absolute atomic E-state index is 6.30. The van der Waals surface area contributed by atoms with Gasteiger partial charge in [0.1, 0.15) is 0 Å². The standard InChI is InChI=1S/C17H15ClN2/c1-11(19)15-6-4-13(10-16(15)18)12-5-7-17-14(9-12)3-2-8-20-17/h2-11H,19H2,1H3. The molecule has 3 rings (SSSR count). The van der Waals surface area contributed by atoms with Gasteiger partial charge in [-0.15, -0.1) is 0 Å². The maximum atomic E-state index is 6.30. The number of aromatic nitrogens is 1. The quantitative estimate of drug-likeness (QED) is 0.747. The van der Waals surface area contributed by atoms with Gasteiger partial charge >= 0.3 is 0 Å². The summed E-state index contributed by atoms with van der Waals surface area (Å²) in [6.07, 6.45) is 1.80. The first-order valence-electron chi connectivity index (χ1n) is 6.55. The Morgan fingerprint density at radius 2 is 1.80 bits per heavy atom. The van der Waals surface area contributed by atoms with Gasteiger partial charge in [-0.2, -0.15) is 0 Å². The molecule has 2 nitrogen and oxygen atoms in total. The highest BCUT2D eigenvalue weighted by Gasteiger charge is 2.07. The van der Waals surface area contributed by atoms with Crippen molar-refractivity contribution in [2.45, 2.75) is 13.0 Å². The lowest BCUT2D eigenvalue weighted by molar-refractivity contribution is 0.819. The first kappa shape index (κ1) is 13.1. The molecular weight excluding hydrogens is 268 g/mol. The number of halogens is 1. The van der Waals surface area contributed by atoms with E-state index in [1.165, 1.54) is 0 Å². The van der Waals surface area contributed by atoms with Crippen LogP contribution < -0.4 is 5.73 Å². The minimum Gasteiger partial charge on any atom is -0.324 e. The fourth-order valence-corrected chi connectivity index (χ4v) is 2.68. The van der Waals surface area contributed by atoms with Crippen molar-refractivity contribution in [2.75, 3.05) is 0 Å². The van der Waals surface area contributed by atoms with E-state index in [4.69, 9.17) is 17.3 Å². The Kier molecular flexibility index (Phi) is 3.43. The summed E-state index contributed by atoms with van der Waals surface area (Å²) in [5, 5.41) is 1.83. The van der Waals surface area contributed by atoms with Gasteiger partial charge in [0, 0.05) is 22.6 Å². The van der Waals surface area contributed by atoms with Gasteiger partial charge in [-0.1, -0.05) is 35.9 Å². The highest BCUT2D eigenvalue weighted by Crippen LogP contribution is 2.29. The second-order valence-electron chi connectivity index (χ2n) is 4.94. The minimum absolute atomic E-state index is 0.0580. The molecule has 1 aromatic heterocycles. The zero-order valence-electron chi connectivity index (χ0n) is 11.2. The molecule has 0 bridgehead atoms. The molecule has 1 heterocycles. The molecule has 0 aliphatic carbocycles. The molecule has 2 N–H and O–H groups in total. The monoisotopic (exact) mass is 282 g/mol. The lowest BCUT2D eigenvalue weighted by Gasteiger charge is -2.10. The van der Waals surface area contributed by atoms with Crippen LogP contribution in [0.25, 0.3) is 22.0 Å². The van der Waals surface area contributed by atoms with Gasteiger partial charge in [-0.3, -0.25) is 4.98 Å². The Morgan fingerprint density at radius 3 is 2.55 bits per heavy atom. The lowest BCUT2D eigenvalue weighted by Crippen LogP contribution is -2.05. The van der Waals surface area contributed by atoms with E-state index in [-0.39, 0.29) is 6.04 Å². The second-order valence-corrected chi connectivity index (χ2v) is 5.34. The van der Waals surface area contributed by atoms with Crippen LogP contribution in [-0.4, -0.2) is 4.98 Å². The zero-order valence-corrected chi connectivity index (χ0v) is 11.9.